The van der Waals surface area contributed by atoms with Gasteiger partial charge in [0.1, 0.15) is 0 Å². The van der Waals surface area contributed by atoms with Gasteiger partial charge in [-0.2, -0.15) is 0 Å². The number of rotatable bonds is 4. The van der Waals surface area contributed by atoms with Crippen molar-refractivity contribution in [3.05, 3.63) is 0 Å². The largest absolute Gasteiger partial charge is 0.301 e. The van der Waals surface area contributed by atoms with Crippen LogP contribution in [0, 0.1) is 11.3 Å². The molecule has 0 spiro atoms. The van der Waals surface area contributed by atoms with Crippen LogP contribution in [0.2, 0.25) is 0 Å². The third-order valence-corrected chi connectivity index (χ3v) is 4.22. The maximum Gasteiger partial charge on any atom is 0.0126 e. The normalized spacial score (nSPS) is 21.6. The highest BCUT2D eigenvalue weighted by Gasteiger charge is 2.25. The maximum atomic E-state index is 2.65. The van der Waals surface area contributed by atoms with E-state index in [1.807, 2.05) is 0 Å². The fourth-order valence-electron chi connectivity index (χ4n) is 3.19. The smallest absolute Gasteiger partial charge is 0.0126 e. The molecular weight excluding hydrogens is 232 g/mol. The molecule has 1 atom stereocenters. The minimum absolute atomic E-state index is 0.339. The predicted molar refractivity (Wildman–Crippen MR) is 85.6 cm³/mol. The summed E-state index contributed by atoms with van der Waals surface area (Å²) in [6.07, 6.45) is 2.70. The minimum atomic E-state index is 0.339. The highest BCUT2D eigenvalue weighted by molar-refractivity contribution is 4.82. The lowest BCUT2D eigenvalue weighted by molar-refractivity contribution is 0.0593. The summed E-state index contributed by atoms with van der Waals surface area (Å²) in [7, 11) is 0. The first-order valence-corrected chi connectivity index (χ1v) is 8.05. The van der Waals surface area contributed by atoms with Gasteiger partial charge in [0.2, 0.25) is 0 Å². The molecule has 0 aromatic carbocycles. The standard InChI is InChI=1S/C17H36N2/c1-15(14-16(2,3)4)8-9-18-10-12-19(13-11-18)17(5,6)7/h15H,8-14H2,1-7H3. The molecule has 1 aliphatic heterocycles. The molecule has 114 valence electrons. The average molecular weight is 268 g/mol. The van der Waals surface area contributed by atoms with Crippen molar-refractivity contribution < 1.29 is 0 Å². The second kappa shape index (κ2) is 6.58. The Morgan fingerprint density at radius 1 is 0.895 bits per heavy atom. The number of hydrogen-bond donors (Lipinski definition) is 0. The Hall–Kier alpha value is -0.0800. The van der Waals surface area contributed by atoms with Gasteiger partial charge in [-0.15, -0.1) is 0 Å². The van der Waals surface area contributed by atoms with E-state index in [1.165, 1.54) is 45.6 Å². The maximum absolute atomic E-state index is 2.65. The van der Waals surface area contributed by atoms with Crippen LogP contribution in [0.3, 0.4) is 0 Å². The summed E-state index contributed by atoms with van der Waals surface area (Å²) in [4.78, 5) is 5.27. The predicted octanol–water partition coefficient (Wildman–Crippen LogP) is 3.86. The quantitative estimate of drug-likeness (QED) is 0.764. The van der Waals surface area contributed by atoms with Crippen LogP contribution in [-0.2, 0) is 0 Å². The van der Waals surface area contributed by atoms with Crippen LogP contribution in [0.5, 0.6) is 0 Å². The summed E-state index contributed by atoms with van der Waals surface area (Å²) >= 11 is 0. The third-order valence-electron chi connectivity index (χ3n) is 4.22. The molecule has 2 nitrogen and oxygen atoms in total. The molecular formula is C17H36N2. The topological polar surface area (TPSA) is 6.48 Å². The van der Waals surface area contributed by atoms with Gasteiger partial charge < -0.3 is 4.90 Å². The van der Waals surface area contributed by atoms with Gasteiger partial charge in [-0.05, 0) is 51.5 Å². The summed E-state index contributed by atoms with van der Waals surface area (Å²) < 4.78 is 0. The van der Waals surface area contributed by atoms with Crippen LogP contribution < -0.4 is 0 Å². The lowest BCUT2D eigenvalue weighted by Crippen LogP contribution is -2.53. The summed E-state index contributed by atoms with van der Waals surface area (Å²) in [5, 5.41) is 0. The summed E-state index contributed by atoms with van der Waals surface area (Å²) in [5.74, 6) is 0.848. The van der Waals surface area contributed by atoms with Gasteiger partial charge in [-0.1, -0.05) is 27.7 Å². The van der Waals surface area contributed by atoms with Gasteiger partial charge in [-0.3, -0.25) is 4.90 Å². The van der Waals surface area contributed by atoms with Crippen molar-refractivity contribution in [2.24, 2.45) is 11.3 Å². The fourth-order valence-corrected chi connectivity index (χ4v) is 3.19. The molecule has 0 aliphatic carbocycles. The third kappa shape index (κ3) is 6.76. The van der Waals surface area contributed by atoms with Crippen molar-refractivity contribution >= 4 is 0 Å². The van der Waals surface area contributed by atoms with Gasteiger partial charge >= 0.3 is 0 Å². The Morgan fingerprint density at radius 3 is 1.84 bits per heavy atom. The highest BCUT2D eigenvalue weighted by atomic mass is 15.3. The van der Waals surface area contributed by atoms with E-state index < -0.39 is 0 Å². The fraction of sp³-hybridized carbons (Fsp3) is 1.00. The summed E-state index contributed by atoms with van der Waals surface area (Å²) in [5.41, 5.74) is 0.815. The lowest BCUT2D eigenvalue weighted by Gasteiger charge is -2.42. The van der Waals surface area contributed by atoms with E-state index in [0.29, 0.717) is 11.0 Å². The summed E-state index contributed by atoms with van der Waals surface area (Å²) in [6, 6.07) is 0. The molecule has 1 unspecified atom stereocenters. The molecule has 0 saturated carbocycles. The molecule has 1 fully saturated rings. The van der Waals surface area contributed by atoms with E-state index in [-0.39, 0.29) is 0 Å². The SMILES string of the molecule is CC(CCN1CCN(C(C)(C)C)CC1)CC(C)(C)C. The van der Waals surface area contributed by atoms with E-state index in [4.69, 9.17) is 0 Å². The Kier molecular flexibility index (Phi) is 5.88. The van der Waals surface area contributed by atoms with Gasteiger partial charge in [0, 0.05) is 31.7 Å². The molecule has 2 heteroatoms. The van der Waals surface area contributed by atoms with Crippen molar-refractivity contribution in [2.75, 3.05) is 32.7 Å². The van der Waals surface area contributed by atoms with Crippen LogP contribution in [0.1, 0.15) is 61.3 Å². The molecule has 19 heavy (non-hydrogen) atoms. The second-order valence-electron chi connectivity index (χ2n) is 8.66. The molecule has 0 radical (unpaired) electrons. The Bertz CT molecular complexity index is 251. The van der Waals surface area contributed by atoms with E-state index in [1.54, 1.807) is 0 Å². The van der Waals surface area contributed by atoms with Crippen molar-refractivity contribution in [1.29, 1.82) is 0 Å². The van der Waals surface area contributed by atoms with Crippen molar-refractivity contribution in [3.8, 4) is 0 Å². The highest BCUT2D eigenvalue weighted by Crippen LogP contribution is 2.26. The Labute approximate surface area is 121 Å². The molecule has 1 heterocycles. The Balaban J connectivity index is 2.23. The van der Waals surface area contributed by atoms with Crippen molar-refractivity contribution in [3.63, 3.8) is 0 Å². The average Bonchev–Trinajstić information content (AvgIpc) is 2.23. The Morgan fingerprint density at radius 2 is 1.42 bits per heavy atom. The zero-order valence-electron chi connectivity index (χ0n) is 14.4. The first-order chi connectivity index (χ1) is 8.58. The van der Waals surface area contributed by atoms with Gasteiger partial charge in [0.15, 0.2) is 0 Å². The zero-order chi connectivity index (χ0) is 14.7. The molecule has 1 aliphatic rings. The van der Waals surface area contributed by atoms with Crippen LogP contribution >= 0.6 is 0 Å². The van der Waals surface area contributed by atoms with Crippen LogP contribution in [-0.4, -0.2) is 48.1 Å². The van der Waals surface area contributed by atoms with Crippen LogP contribution in [0.4, 0.5) is 0 Å². The molecule has 0 aromatic rings. The van der Waals surface area contributed by atoms with Crippen molar-refractivity contribution in [2.45, 2.75) is 66.8 Å². The van der Waals surface area contributed by atoms with Gasteiger partial charge in [0.25, 0.3) is 0 Å². The van der Waals surface area contributed by atoms with E-state index >= 15 is 0 Å². The molecule has 0 aromatic heterocycles. The van der Waals surface area contributed by atoms with E-state index in [0.717, 1.165) is 5.92 Å². The van der Waals surface area contributed by atoms with Crippen LogP contribution in [0.25, 0.3) is 0 Å². The minimum Gasteiger partial charge on any atom is -0.301 e. The zero-order valence-corrected chi connectivity index (χ0v) is 14.4. The van der Waals surface area contributed by atoms with E-state index in [9.17, 15) is 0 Å². The molecule has 0 N–H and O–H groups in total. The van der Waals surface area contributed by atoms with Gasteiger partial charge in [0.05, 0.1) is 0 Å². The first kappa shape index (κ1) is 17.0. The number of nitrogens with zero attached hydrogens (tertiary/aromatic N) is 2. The second-order valence-corrected chi connectivity index (χ2v) is 8.66. The number of piperazine rings is 1. The van der Waals surface area contributed by atoms with Crippen LogP contribution in [0.15, 0.2) is 0 Å². The summed E-state index contributed by atoms with van der Waals surface area (Å²) in [6.45, 7) is 22.7. The number of hydrogen-bond acceptors (Lipinski definition) is 2. The molecule has 0 amide bonds. The van der Waals surface area contributed by atoms with Crippen molar-refractivity contribution in [1.82, 2.24) is 9.80 Å². The van der Waals surface area contributed by atoms with E-state index in [2.05, 4.69) is 58.3 Å². The molecule has 0 bridgehead atoms. The molecule has 1 saturated heterocycles. The lowest BCUT2D eigenvalue weighted by atomic mass is 9.84. The monoisotopic (exact) mass is 268 g/mol. The molecule has 1 rings (SSSR count). The first-order valence-electron chi connectivity index (χ1n) is 8.05. The van der Waals surface area contributed by atoms with Gasteiger partial charge in [-0.25, -0.2) is 0 Å².